The predicted molar refractivity (Wildman–Crippen MR) is 81.0 cm³/mol. The molecule has 1 unspecified atom stereocenters. The fraction of sp³-hybridized carbons (Fsp3) is 0.286. The standard InChI is InChI=1S/C14H13BrClN3O/c15-9-1-2-13(16)12(7-9)14(20)18-10-4-6-19-11(8-10)3-5-17-19/h1-3,5,7,10H,4,6,8H2,(H,18,20). The molecule has 0 saturated carbocycles. The first-order valence-electron chi connectivity index (χ1n) is 6.40. The lowest BCUT2D eigenvalue weighted by Crippen LogP contribution is -2.40. The first kappa shape index (κ1) is 13.6. The van der Waals surface area contributed by atoms with Gasteiger partial charge in [-0.15, -0.1) is 0 Å². The molecule has 0 bridgehead atoms. The van der Waals surface area contributed by atoms with Crippen molar-refractivity contribution in [2.45, 2.75) is 25.4 Å². The summed E-state index contributed by atoms with van der Waals surface area (Å²) in [6.45, 7) is 0.833. The summed E-state index contributed by atoms with van der Waals surface area (Å²) in [5.74, 6) is -0.130. The summed E-state index contributed by atoms with van der Waals surface area (Å²) in [6, 6.07) is 7.39. The summed E-state index contributed by atoms with van der Waals surface area (Å²) < 4.78 is 2.82. The van der Waals surface area contributed by atoms with Crippen molar-refractivity contribution in [3.8, 4) is 0 Å². The molecule has 1 aliphatic heterocycles. The van der Waals surface area contributed by atoms with Gasteiger partial charge in [-0.1, -0.05) is 27.5 Å². The number of hydrogen-bond acceptors (Lipinski definition) is 2. The van der Waals surface area contributed by atoms with Gasteiger partial charge in [0.1, 0.15) is 0 Å². The molecule has 4 nitrogen and oxygen atoms in total. The van der Waals surface area contributed by atoms with E-state index in [4.69, 9.17) is 11.6 Å². The van der Waals surface area contributed by atoms with Crippen LogP contribution in [0.1, 0.15) is 22.5 Å². The number of fused-ring (bicyclic) bond motifs is 1. The van der Waals surface area contributed by atoms with Crippen molar-refractivity contribution in [1.29, 1.82) is 0 Å². The molecule has 1 aliphatic rings. The van der Waals surface area contributed by atoms with Crippen molar-refractivity contribution >= 4 is 33.4 Å². The van der Waals surface area contributed by atoms with Gasteiger partial charge < -0.3 is 5.32 Å². The molecular weight excluding hydrogens is 342 g/mol. The molecule has 1 atom stereocenters. The molecule has 0 fully saturated rings. The monoisotopic (exact) mass is 353 g/mol. The molecule has 1 aromatic carbocycles. The van der Waals surface area contributed by atoms with Gasteiger partial charge in [-0.2, -0.15) is 5.10 Å². The Bertz CT molecular complexity index is 656. The van der Waals surface area contributed by atoms with Gasteiger partial charge in [0.25, 0.3) is 5.91 Å². The van der Waals surface area contributed by atoms with Crippen molar-refractivity contribution in [3.63, 3.8) is 0 Å². The third-order valence-electron chi connectivity index (χ3n) is 3.46. The zero-order valence-electron chi connectivity index (χ0n) is 10.6. The lowest BCUT2D eigenvalue weighted by molar-refractivity contribution is 0.0930. The van der Waals surface area contributed by atoms with Crippen LogP contribution >= 0.6 is 27.5 Å². The Morgan fingerprint density at radius 1 is 1.45 bits per heavy atom. The Hall–Kier alpha value is -1.33. The van der Waals surface area contributed by atoms with Gasteiger partial charge in [-0.3, -0.25) is 9.48 Å². The zero-order chi connectivity index (χ0) is 14.1. The number of aryl methyl sites for hydroxylation is 1. The normalized spacial score (nSPS) is 17.6. The number of carbonyl (C=O) groups is 1. The minimum Gasteiger partial charge on any atom is -0.349 e. The molecule has 3 rings (SSSR count). The van der Waals surface area contributed by atoms with Crippen LogP contribution in [-0.2, 0) is 13.0 Å². The predicted octanol–water partition coefficient (Wildman–Crippen LogP) is 3.04. The van der Waals surface area contributed by atoms with Crippen molar-refractivity contribution in [2.75, 3.05) is 0 Å². The highest BCUT2D eigenvalue weighted by molar-refractivity contribution is 9.10. The third kappa shape index (κ3) is 2.74. The number of rotatable bonds is 2. The largest absolute Gasteiger partial charge is 0.349 e. The van der Waals surface area contributed by atoms with Crippen LogP contribution in [0.15, 0.2) is 34.9 Å². The van der Waals surface area contributed by atoms with E-state index in [1.165, 1.54) is 0 Å². The first-order chi connectivity index (χ1) is 9.63. The van der Waals surface area contributed by atoms with E-state index < -0.39 is 0 Å². The molecule has 0 radical (unpaired) electrons. The average molecular weight is 355 g/mol. The Kier molecular flexibility index (Phi) is 3.81. The topological polar surface area (TPSA) is 46.9 Å². The fourth-order valence-electron chi connectivity index (χ4n) is 2.43. The molecule has 0 spiro atoms. The van der Waals surface area contributed by atoms with E-state index in [0.29, 0.717) is 10.6 Å². The van der Waals surface area contributed by atoms with E-state index in [0.717, 1.165) is 29.6 Å². The Balaban J connectivity index is 1.72. The minimum absolute atomic E-state index is 0.127. The van der Waals surface area contributed by atoms with Gasteiger partial charge in [0.2, 0.25) is 0 Å². The lowest BCUT2D eigenvalue weighted by atomic mass is 10.0. The molecule has 1 N–H and O–H groups in total. The molecular formula is C14H13BrClN3O. The van der Waals surface area contributed by atoms with Crippen LogP contribution in [-0.4, -0.2) is 21.7 Å². The second kappa shape index (κ2) is 5.58. The summed E-state index contributed by atoms with van der Waals surface area (Å²) in [5.41, 5.74) is 1.65. The number of benzene rings is 1. The van der Waals surface area contributed by atoms with Crippen LogP contribution in [0, 0.1) is 0 Å². The molecule has 104 valence electrons. The summed E-state index contributed by atoms with van der Waals surface area (Å²) in [7, 11) is 0. The number of nitrogens with zero attached hydrogens (tertiary/aromatic N) is 2. The van der Waals surface area contributed by atoms with E-state index in [-0.39, 0.29) is 11.9 Å². The Morgan fingerprint density at radius 3 is 3.15 bits per heavy atom. The van der Waals surface area contributed by atoms with Gasteiger partial charge in [0, 0.05) is 35.4 Å². The number of hydrogen-bond donors (Lipinski definition) is 1. The number of halogens is 2. The van der Waals surface area contributed by atoms with E-state index in [9.17, 15) is 4.79 Å². The van der Waals surface area contributed by atoms with Crippen molar-refractivity contribution in [2.24, 2.45) is 0 Å². The number of aromatic nitrogens is 2. The number of amides is 1. The highest BCUT2D eigenvalue weighted by atomic mass is 79.9. The number of carbonyl (C=O) groups excluding carboxylic acids is 1. The maximum atomic E-state index is 12.3. The smallest absolute Gasteiger partial charge is 0.253 e. The Labute approximate surface area is 130 Å². The summed E-state index contributed by atoms with van der Waals surface area (Å²) in [6.07, 6.45) is 3.48. The van der Waals surface area contributed by atoms with E-state index in [1.54, 1.807) is 18.3 Å². The van der Waals surface area contributed by atoms with Crippen LogP contribution < -0.4 is 5.32 Å². The zero-order valence-corrected chi connectivity index (χ0v) is 13.0. The van der Waals surface area contributed by atoms with Crippen LogP contribution in [0.5, 0.6) is 0 Å². The maximum absolute atomic E-state index is 12.3. The molecule has 1 aromatic heterocycles. The van der Waals surface area contributed by atoms with Gasteiger partial charge in [0.05, 0.1) is 10.6 Å². The van der Waals surface area contributed by atoms with Crippen LogP contribution in [0.2, 0.25) is 5.02 Å². The maximum Gasteiger partial charge on any atom is 0.253 e. The molecule has 2 heterocycles. The van der Waals surface area contributed by atoms with E-state index in [1.807, 2.05) is 16.8 Å². The molecule has 6 heteroatoms. The highest BCUT2D eigenvalue weighted by Gasteiger charge is 2.21. The van der Waals surface area contributed by atoms with Crippen LogP contribution in [0.4, 0.5) is 0 Å². The second-order valence-corrected chi connectivity index (χ2v) is 6.16. The summed E-state index contributed by atoms with van der Waals surface area (Å²) >= 11 is 9.43. The molecule has 0 aliphatic carbocycles. The SMILES string of the molecule is O=C(NC1CCn2nccc2C1)c1cc(Br)ccc1Cl. The lowest BCUT2D eigenvalue weighted by Gasteiger charge is -2.24. The summed E-state index contributed by atoms with van der Waals surface area (Å²) in [4.78, 5) is 12.3. The molecule has 20 heavy (non-hydrogen) atoms. The van der Waals surface area contributed by atoms with Crippen molar-refractivity contribution in [3.05, 3.63) is 51.2 Å². The van der Waals surface area contributed by atoms with Gasteiger partial charge >= 0.3 is 0 Å². The third-order valence-corrected chi connectivity index (χ3v) is 4.28. The number of nitrogens with one attached hydrogen (secondary N) is 1. The van der Waals surface area contributed by atoms with Crippen LogP contribution in [0.3, 0.4) is 0 Å². The fourth-order valence-corrected chi connectivity index (χ4v) is 2.99. The molecule has 2 aromatic rings. The van der Waals surface area contributed by atoms with Gasteiger partial charge in [0.15, 0.2) is 0 Å². The molecule has 1 amide bonds. The van der Waals surface area contributed by atoms with E-state index >= 15 is 0 Å². The summed E-state index contributed by atoms with van der Waals surface area (Å²) in [5, 5.41) is 7.74. The molecule has 0 saturated heterocycles. The van der Waals surface area contributed by atoms with Gasteiger partial charge in [-0.05, 0) is 30.7 Å². The quantitative estimate of drug-likeness (QED) is 0.901. The average Bonchev–Trinajstić information content (AvgIpc) is 2.89. The van der Waals surface area contributed by atoms with Crippen molar-refractivity contribution in [1.82, 2.24) is 15.1 Å². The van der Waals surface area contributed by atoms with Crippen molar-refractivity contribution < 1.29 is 4.79 Å². The second-order valence-electron chi connectivity index (χ2n) is 4.83. The van der Waals surface area contributed by atoms with E-state index in [2.05, 4.69) is 26.3 Å². The Morgan fingerprint density at radius 2 is 2.30 bits per heavy atom. The highest BCUT2D eigenvalue weighted by Crippen LogP contribution is 2.22. The van der Waals surface area contributed by atoms with Crippen LogP contribution in [0.25, 0.3) is 0 Å². The first-order valence-corrected chi connectivity index (χ1v) is 7.57. The van der Waals surface area contributed by atoms with Gasteiger partial charge in [-0.25, -0.2) is 0 Å². The minimum atomic E-state index is -0.130.